The highest BCUT2D eigenvalue weighted by atomic mass is 32.1. The lowest BCUT2D eigenvalue weighted by Crippen LogP contribution is -2.26. The molecule has 80 valence electrons. The smallest absolute Gasteiger partial charge is 0.0896 e. The summed E-state index contributed by atoms with van der Waals surface area (Å²) in [4.78, 5) is 1.07. The zero-order valence-corrected chi connectivity index (χ0v) is 9.68. The SMILES string of the molecule is CCCC(CC(O)c1cccs1)NC. The minimum absolute atomic E-state index is 0.306. The van der Waals surface area contributed by atoms with Gasteiger partial charge in [-0.3, -0.25) is 0 Å². The van der Waals surface area contributed by atoms with Crippen molar-refractivity contribution in [2.24, 2.45) is 0 Å². The summed E-state index contributed by atoms with van der Waals surface area (Å²) in [5.41, 5.74) is 0. The van der Waals surface area contributed by atoms with E-state index < -0.39 is 0 Å². The van der Waals surface area contributed by atoms with Crippen LogP contribution in [0, 0.1) is 0 Å². The zero-order chi connectivity index (χ0) is 10.4. The van der Waals surface area contributed by atoms with E-state index in [1.54, 1.807) is 11.3 Å². The first-order chi connectivity index (χ1) is 6.77. The maximum atomic E-state index is 9.91. The third kappa shape index (κ3) is 3.40. The van der Waals surface area contributed by atoms with Gasteiger partial charge in [-0.05, 0) is 31.3 Å². The van der Waals surface area contributed by atoms with Crippen LogP contribution in [0.3, 0.4) is 0 Å². The van der Waals surface area contributed by atoms with Gasteiger partial charge in [-0.1, -0.05) is 19.4 Å². The van der Waals surface area contributed by atoms with Gasteiger partial charge in [0.15, 0.2) is 0 Å². The first kappa shape index (κ1) is 11.7. The molecule has 0 saturated heterocycles. The molecule has 0 aromatic carbocycles. The first-order valence-corrected chi connectivity index (χ1v) is 6.04. The van der Waals surface area contributed by atoms with E-state index in [0.29, 0.717) is 6.04 Å². The van der Waals surface area contributed by atoms with Gasteiger partial charge in [-0.25, -0.2) is 0 Å². The quantitative estimate of drug-likeness (QED) is 0.761. The molecule has 14 heavy (non-hydrogen) atoms. The highest BCUT2D eigenvalue weighted by molar-refractivity contribution is 7.10. The summed E-state index contributed by atoms with van der Waals surface area (Å²) in [7, 11) is 1.96. The number of hydrogen-bond donors (Lipinski definition) is 2. The van der Waals surface area contributed by atoms with Gasteiger partial charge in [0.05, 0.1) is 6.10 Å². The van der Waals surface area contributed by atoms with Gasteiger partial charge >= 0.3 is 0 Å². The second-order valence-corrected chi connectivity index (χ2v) is 4.52. The third-order valence-electron chi connectivity index (χ3n) is 2.42. The molecule has 2 atom stereocenters. The fourth-order valence-electron chi connectivity index (χ4n) is 1.60. The van der Waals surface area contributed by atoms with Gasteiger partial charge in [0, 0.05) is 10.9 Å². The Morgan fingerprint density at radius 1 is 1.57 bits per heavy atom. The lowest BCUT2D eigenvalue weighted by molar-refractivity contribution is 0.154. The number of aliphatic hydroxyl groups is 1. The molecule has 0 aliphatic heterocycles. The molecule has 2 nitrogen and oxygen atoms in total. The molecule has 0 aliphatic rings. The van der Waals surface area contributed by atoms with Crippen LogP contribution in [0.2, 0.25) is 0 Å². The van der Waals surface area contributed by atoms with E-state index in [1.165, 1.54) is 0 Å². The van der Waals surface area contributed by atoms with Crippen LogP contribution in [0.1, 0.15) is 37.2 Å². The van der Waals surface area contributed by atoms with Crippen molar-refractivity contribution in [2.45, 2.75) is 38.3 Å². The Kier molecular flexibility index (Phi) is 5.15. The van der Waals surface area contributed by atoms with Crippen molar-refractivity contribution in [3.63, 3.8) is 0 Å². The normalized spacial score (nSPS) is 15.4. The Bertz CT molecular complexity index is 235. The van der Waals surface area contributed by atoms with E-state index >= 15 is 0 Å². The van der Waals surface area contributed by atoms with Gasteiger partial charge in [0.2, 0.25) is 0 Å². The lowest BCUT2D eigenvalue weighted by atomic mass is 10.0. The molecule has 0 radical (unpaired) electrons. The van der Waals surface area contributed by atoms with Gasteiger partial charge in [0.1, 0.15) is 0 Å². The summed E-state index contributed by atoms with van der Waals surface area (Å²) in [5.74, 6) is 0. The van der Waals surface area contributed by atoms with Crippen LogP contribution in [0.25, 0.3) is 0 Å². The van der Waals surface area contributed by atoms with Crippen LogP contribution in [-0.4, -0.2) is 18.2 Å². The Hall–Kier alpha value is -0.380. The van der Waals surface area contributed by atoms with Crippen molar-refractivity contribution >= 4 is 11.3 Å². The van der Waals surface area contributed by atoms with Crippen LogP contribution in [0.5, 0.6) is 0 Å². The molecule has 0 spiro atoms. The van der Waals surface area contributed by atoms with Gasteiger partial charge < -0.3 is 10.4 Å². The Morgan fingerprint density at radius 3 is 2.86 bits per heavy atom. The maximum absolute atomic E-state index is 9.91. The van der Waals surface area contributed by atoms with Crippen molar-refractivity contribution in [1.29, 1.82) is 0 Å². The van der Waals surface area contributed by atoms with Crippen LogP contribution in [0.4, 0.5) is 0 Å². The molecule has 0 fully saturated rings. The fourth-order valence-corrected chi connectivity index (χ4v) is 2.32. The topological polar surface area (TPSA) is 32.3 Å². The second kappa shape index (κ2) is 6.17. The van der Waals surface area contributed by atoms with Crippen LogP contribution in [-0.2, 0) is 0 Å². The molecule has 0 saturated carbocycles. The Labute approximate surface area is 90.0 Å². The second-order valence-electron chi connectivity index (χ2n) is 3.54. The van der Waals surface area contributed by atoms with Crippen molar-refractivity contribution in [3.05, 3.63) is 22.4 Å². The summed E-state index contributed by atoms with van der Waals surface area (Å²) in [6.45, 7) is 2.17. The van der Waals surface area contributed by atoms with Crippen molar-refractivity contribution < 1.29 is 5.11 Å². The molecule has 0 bridgehead atoms. The summed E-state index contributed by atoms with van der Waals surface area (Å²) in [6.07, 6.45) is 2.78. The number of aliphatic hydroxyl groups excluding tert-OH is 1. The monoisotopic (exact) mass is 213 g/mol. The number of nitrogens with one attached hydrogen (secondary N) is 1. The van der Waals surface area contributed by atoms with Gasteiger partial charge in [-0.2, -0.15) is 0 Å². The van der Waals surface area contributed by atoms with E-state index in [2.05, 4.69) is 12.2 Å². The lowest BCUT2D eigenvalue weighted by Gasteiger charge is -2.18. The fraction of sp³-hybridized carbons (Fsp3) is 0.636. The average Bonchev–Trinajstić information content (AvgIpc) is 2.69. The molecule has 2 unspecified atom stereocenters. The minimum atomic E-state index is -0.306. The number of hydrogen-bond acceptors (Lipinski definition) is 3. The molecular weight excluding hydrogens is 194 g/mol. The molecule has 1 aromatic rings. The standard InChI is InChI=1S/C11H19NOS/c1-3-5-9(12-2)8-10(13)11-6-4-7-14-11/h4,6-7,9-10,12-13H,3,5,8H2,1-2H3. The van der Waals surface area contributed by atoms with Crippen LogP contribution in [0.15, 0.2) is 17.5 Å². The summed E-state index contributed by atoms with van der Waals surface area (Å²) >= 11 is 1.62. The van der Waals surface area contributed by atoms with E-state index in [9.17, 15) is 5.11 Å². The molecule has 3 heteroatoms. The highest BCUT2D eigenvalue weighted by Crippen LogP contribution is 2.23. The van der Waals surface area contributed by atoms with Crippen LogP contribution >= 0.6 is 11.3 Å². The molecule has 1 rings (SSSR count). The Balaban J connectivity index is 2.42. The molecule has 0 aliphatic carbocycles. The van der Waals surface area contributed by atoms with Crippen LogP contribution < -0.4 is 5.32 Å². The Morgan fingerprint density at radius 2 is 2.36 bits per heavy atom. The molecule has 1 aromatic heterocycles. The average molecular weight is 213 g/mol. The summed E-state index contributed by atoms with van der Waals surface area (Å²) in [5, 5.41) is 15.2. The molecule has 0 amide bonds. The molecular formula is C11H19NOS. The minimum Gasteiger partial charge on any atom is -0.388 e. The van der Waals surface area contributed by atoms with Gasteiger partial charge in [-0.15, -0.1) is 11.3 Å². The van der Waals surface area contributed by atoms with E-state index in [-0.39, 0.29) is 6.10 Å². The maximum Gasteiger partial charge on any atom is 0.0896 e. The van der Waals surface area contributed by atoms with E-state index in [0.717, 1.165) is 24.1 Å². The van der Waals surface area contributed by atoms with Crippen molar-refractivity contribution in [3.8, 4) is 0 Å². The largest absolute Gasteiger partial charge is 0.388 e. The highest BCUT2D eigenvalue weighted by Gasteiger charge is 2.14. The predicted octanol–water partition coefficient (Wildman–Crippen LogP) is 2.56. The number of rotatable bonds is 6. The van der Waals surface area contributed by atoms with Gasteiger partial charge in [0.25, 0.3) is 0 Å². The summed E-state index contributed by atoms with van der Waals surface area (Å²) < 4.78 is 0. The van der Waals surface area contributed by atoms with E-state index in [1.807, 2.05) is 24.6 Å². The number of thiophene rings is 1. The zero-order valence-electron chi connectivity index (χ0n) is 8.86. The molecule has 1 heterocycles. The predicted molar refractivity (Wildman–Crippen MR) is 61.7 cm³/mol. The van der Waals surface area contributed by atoms with Crippen molar-refractivity contribution in [2.75, 3.05) is 7.05 Å². The first-order valence-electron chi connectivity index (χ1n) is 5.16. The van der Waals surface area contributed by atoms with Crippen molar-refractivity contribution in [1.82, 2.24) is 5.32 Å². The summed E-state index contributed by atoms with van der Waals surface area (Å²) in [6, 6.07) is 4.41. The van der Waals surface area contributed by atoms with E-state index in [4.69, 9.17) is 0 Å². The third-order valence-corrected chi connectivity index (χ3v) is 3.40. The molecule has 2 N–H and O–H groups in total.